The highest BCUT2D eigenvalue weighted by Crippen LogP contribution is 2.20. The fraction of sp³-hybridized carbons (Fsp3) is 0.947. The predicted molar refractivity (Wildman–Crippen MR) is 105 cm³/mol. The summed E-state index contributed by atoms with van der Waals surface area (Å²) in [6.45, 7) is 16.4. The topological polar surface area (TPSA) is 58.1 Å². The van der Waals surface area contributed by atoms with Crippen molar-refractivity contribution < 1.29 is 9.47 Å². The van der Waals surface area contributed by atoms with Gasteiger partial charge in [-0.1, -0.05) is 13.3 Å². The van der Waals surface area contributed by atoms with Crippen LogP contribution in [0.4, 0.5) is 0 Å². The van der Waals surface area contributed by atoms with Crippen molar-refractivity contribution in [1.29, 1.82) is 0 Å². The van der Waals surface area contributed by atoms with Crippen LogP contribution < -0.4 is 10.6 Å². The molecule has 0 bridgehead atoms. The minimum atomic E-state index is 0.0488. The van der Waals surface area contributed by atoms with Crippen LogP contribution in [0.15, 0.2) is 4.99 Å². The largest absolute Gasteiger partial charge is 0.381 e. The van der Waals surface area contributed by atoms with Crippen LogP contribution in [0.3, 0.4) is 0 Å². The molecule has 2 atom stereocenters. The molecule has 0 radical (unpaired) electrons. The molecule has 0 aliphatic carbocycles. The van der Waals surface area contributed by atoms with E-state index < -0.39 is 0 Å². The Labute approximate surface area is 154 Å². The number of aliphatic imine (C=N–C) groups is 1. The van der Waals surface area contributed by atoms with Gasteiger partial charge >= 0.3 is 0 Å². The Morgan fingerprint density at radius 1 is 1.16 bits per heavy atom. The standard InChI is InChI=1S/C19H40N4O2/c1-7-8-11-24-12-9-10-21-18(20-6)22-15-19(4,5)23-13-16(2)25-17(3)14-23/h16-17H,7-15H2,1-6H3,(H2,20,21,22). The predicted octanol–water partition coefficient (Wildman–Crippen LogP) is 2.25. The quantitative estimate of drug-likeness (QED) is 0.357. The SMILES string of the molecule is CCCCOCCCNC(=NC)NCC(C)(C)N1CC(C)OC(C)C1. The maximum atomic E-state index is 5.85. The zero-order chi connectivity index (χ0) is 18.7. The van der Waals surface area contributed by atoms with Gasteiger partial charge in [-0.15, -0.1) is 0 Å². The minimum absolute atomic E-state index is 0.0488. The van der Waals surface area contributed by atoms with Gasteiger partial charge in [0, 0.05) is 52.0 Å². The summed E-state index contributed by atoms with van der Waals surface area (Å²) in [5.74, 6) is 0.857. The highest BCUT2D eigenvalue weighted by atomic mass is 16.5. The third-order valence-electron chi connectivity index (χ3n) is 4.59. The molecule has 1 fully saturated rings. The summed E-state index contributed by atoms with van der Waals surface area (Å²) in [6, 6.07) is 0. The number of hydrogen-bond acceptors (Lipinski definition) is 4. The molecule has 0 aromatic heterocycles. The average molecular weight is 357 g/mol. The van der Waals surface area contributed by atoms with Crippen molar-refractivity contribution in [3.63, 3.8) is 0 Å². The lowest BCUT2D eigenvalue weighted by Crippen LogP contribution is -2.59. The molecule has 1 rings (SSSR count). The number of nitrogens with one attached hydrogen (secondary N) is 2. The van der Waals surface area contributed by atoms with Gasteiger partial charge in [-0.2, -0.15) is 0 Å². The van der Waals surface area contributed by atoms with Gasteiger partial charge in [0.25, 0.3) is 0 Å². The van der Waals surface area contributed by atoms with E-state index in [1.54, 1.807) is 0 Å². The molecule has 0 aromatic carbocycles. The van der Waals surface area contributed by atoms with Gasteiger partial charge in [-0.05, 0) is 40.5 Å². The molecular weight excluding hydrogens is 316 g/mol. The average Bonchev–Trinajstić information content (AvgIpc) is 2.56. The van der Waals surface area contributed by atoms with E-state index >= 15 is 0 Å². The van der Waals surface area contributed by atoms with Crippen molar-refractivity contribution in [2.24, 2.45) is 4.99 Å². The zero-order valence-electron chi connectivity index (χ0n) is 17.2. The fourth-order valence-electron chi connectivity index (χ4n) is 3.03. The molecule has 1 aliphatic heterocycles. The second kappa shape index (κ2) is 11.7. The van der Waals surface area contributed by atoms with Crippen LogP contribution in [0.5, 0.6) is 0 Å². The van der Waals surface area contributed by atoms with Crippen molar-refractivity contribution in [3.8, 4) is 0 Å². The second-order valence-corrected chi connectivity index (χ2v) is 7.65. The maximum absolute atomic E-state index is 5.85. The molecule has 2 N–H and O–H groups in total. The zero-order valence-corrected chi connectivity index (χ0v) is 17.2. The maximum Gasteiger partial charge on any atom is 0.191 e. The van der Waals surface area contributed by atoms with Crippen molar-refractivity contribution in [3.05, 3.63) is 0 Å². The van der Waals surface area contributed by atoms with Gasteiger partial charge in [-0.25, -0.2) is 0 Å². The van der Waals surface area contributed by atoms with Crippen LogP contribution >= 0.6 is 0 Å². The van der Waals surface area contributed by atoms with Gasteiger partial charge in [-0.3, -0.25) is 9.89 Å². The van der Waals surface area contributed by atoms with Gasteiger partial charge in [0.1, 0.15) is 0 Å². The number of hydrogen-bond donors (Lipinski definition) is 2. The normalized spacial score (nSPS) is 22.9. The molecular formula is C19H40N4O2. The van der Waals surface area contributed by atoms with E-state index in [1.165, 1.54) is 6.42 Å². The lowest BCUT2D eigenvalue weighted by Gasteiger charge is -2.45. The third kappa shape index (κ3) is 8.88. The number of nitrogens with zero attached hydrogens (tertiary/aromatic N) is 2. The van der Waals surface area contributed by atoms with E-state index in [4.69, 9.17) is 9.47 Å². The van der Waals surface area contributed by atoms with E-state index in [9.17, 15) is 0 Å². The summed E-state index contributed by atoms with van der Waals surface area (Å²) < 4.78 is 11.4. The second-order valence-electron chi connectivity index (χ2n) is 7.65. The Balaban J connectivity index is 2.28. The first-order chi connectivity index (χ1) is 11.9. The van der Waals surface area contributed by atoms with E-state index in [1.807, 2.05) is 7.05 Å². The fourth-order valence-corrected chi connectivity index (χ4v) is 3.03. The summed E-state index contributed by atoms with van der Waals surface area (Å²) in [6.07, 6.45) is 3.89. The van der Waals surface area contributed by atoms with Crippen LogP contribution in [0.1, 0.15) is 53.9 Å². The minimum Gasteiger partial charge on any atom is -0.381 e. The Morgan fingerprint density at radius 2 is 1.80 bits per heavy atom. The first-order valence-electron chi connectivity index (χ1n) is 9.81. The van der Waals surface area contributed by atoms with Gasteiger partial charge < -0.3 is 20.1 Å². The first-order valence-corrected chi connectivity index (χ1v) is 9.81. The number of unbranched alkanes of at least 4 members (excludes halogenated alkanes) is 1. The lowest BCUT2D eigenvalue weighted by molar-refractivity contribution is -0.0946. The molecule has 25 heavy (non-hydrogen) atoms. The van der Waals surface area contributed by atoms with Crippen LogP contribution in [-0.2, 0) is 9.47 Å². The van der Waals surface area contributed by atoms with E-state index in [-0.39, 0.29) is 17.7 Å². The molecule has 2 unspecified atom stereocenters. The molecule has 148 valence electrons. The summed E-state index contributed by atoms with van der Waals surface area (Å²) in [7, 11) is 1.82. The summed E-state index contributed by atoms with van der Waals surface area (Å²) in [4.78, 5) is 6.83. The van der Waals surface area contributed by atoms with Crippen LogP contribution in [0.25, 0.3) is 0 Å². The Hall–Kier alpha value is -0.850. The van der Waals surface area contributed by atoms with Crippen molar-refractivity contribution in [1.82, 2.24) is 15.5 Å². The van der Waals surface area contributed by atoms with Crippen molar-refractivity contribution in [2.45, 2.75) is 71.6 Å². The Kier molecular flexibility index (Phi) is 10.4. The lowest BCUT2D eigenvalue weighted by atomic mass is 10.00. The van der Waals surface area contributed by atoms with Crippen LogP contribution in [-0.4, -0.2) is 75.0 Å². The molecule has 6 nitrogen and oxygen atoms in total. The van der Waals surface area contributed by atoms with Gasteiger partial charge in [0.2, 0.25) is 0 Å². The van der Waals surface area contributed by atoms with E-state index in [0.717, 1.165) is 58.2 Å². The van der Waals surface area contributed by atoms with E-state index in [0.29, 0.717) is 0 Å². The highest BCUT2D eigenvalue weighted by molar-refractivity contribution is 5.79. The molecule has 0 saturated carbocycles. The molecule has 0 aromatic rings. The Morgan fingerprint density at radius 3 is 2.40 bits per heavy atom. The summed E-state index contributed by atoms with van der Waals surface area (Å²) in [5, 5.41) is 6.83. The summed E-state index contributed by atoms with van der Waals surface area (Å²) >= 11 is 0. The van der Waals surface area contributed by atoms with E-state index in [2.05, 4.69) is 55.1 Å². The number of morpholine rings is 1. The van der Waals surface area contributed by atoms with Crippen molar-refractivity contribution >= 4 is 5.96 Å². The Bertz CT molecular complexity index is 378. The summed E-state index contributed by atoms with van der Waals surface area (Å²) in [5.41, 5.74) is 0.0488. The number of guanidine groups is 1. The smallest absolute Gasteiger partial charge is 0.191 e. The van der Waals surface area contributed by atoms with Crippen molar-refractivity contribution in [2.75, 3.05) is 46.4 Å². The molecule has 1 aliphatic rings. The highest BCUT2D eigenvalue weighted by Gasteiger charge is 2.33. The van der Waals surface area contributed by atoms with Crippen LogP contribution in [0, 0.1) is 0 Å². The van der Waals surface area contributed by atoms with Crippen LogP contribution in [0.2, 0.25) is 0 Å². The molecule has 0 spiro atoms. The number of ether oxygens (including phenoxy) is 2. The first kappa shape index (κ1) is 22.2. The molecule has 0 amide bonds. The van der Waals surface area contributed by atoms with Gasteiger partial charge in [0.05, 0.1) is 12.2 Å². The van der Waals surface area contributed by atoms with Gasteiger partial charge in [0.15, 0.2) is 5.96 Å². The molecule has 1 saturated heterocycles. The third-order valence-corrected chi connectivity index (χ3v) is 4.59. The molecule has 1 heterocycles. The molecule has 6 heteroatoms. The monoisotopic (exact) mass is 356 g/mol. The number of rotatable bonds is 10.